The highest BCUT2D eigenvalue weighted by molar-refractivity contribution is 6.45. The summed E-state index contributed by atoms with van der Waals surface area (Å²) >= 11 is 0. The molecule has 2 aliphatic rings. The number of H-pyrrole nitrogens is 1. The van der Waals surface area contributed by atoms with Gasteiger partial charge in [0.1, 0.15) is 5.82 Å². The lowest BCUT2D eigenvalue weighted by atomic mass is 10.0. The first-order chi connectivity index (χ1) is 19.4. The van der Waals surface area contributed by atoms with Crippen LogP contribution in [0.5, 0.6) is 0 Å². The molecule has 206 valence electrons. The lowest BCUT2D eigenvalue weighted by Crippen LogP contribution is -2.56. The standard InChI is InChI=1S/C29H29FN6O4/c1-17-16-35(27(38)18-7-3-2-4-8-18)13-14-36(17)28(39)25(37)21-15-31-24-20(11-12-22(30)23(21)24)26-33-29(40-34-26)32-19-9-5-6-10-19/h2-4,7-8,11-12,15,17,19,31H,5-6,9-10,13-14,16H2,1H3,(H,32,33,34)/t17-/m1/s1. The van der Waals surface area contributed by atoms with Crippen molar-refractivity contribution in [2.75, 3.05) is 25.0 Å². The molecular formula is C29H29FN6O4. The molecule has 4 aromatic rings. The molecular weight excluding hydrogens is 515 g/mol. The Labute approximate surface area is 229 Å². The summed E-state index contributed by atoms with van der Waals surface area (Å²) in [5.74, 6) is -2.10. The first kappa shape index (κ1) is 25.7. The number of hydrogen-bond acceptors (Lipinski definition) is 7. The highest BCUT2D eigenvalue weighted by Gasteiger charge is 2.35. The molecule has 6 rings (SSSR count). The summed E-state index contributed by atoms with van der Waals surface area (Å²) in [7, 11) is 0. The van der Waals surface area contributed by atoms with Gasteiger partial charge in [-0.3, -0.25) is 14.4 Å². The third-order valence-electron chi connectivity index (χ3n) is 7.77. The zero-order chi connectivity index (χ0) is 27.8. The Morgan fingerprint density at radius 2 is 1.85 bits per heavy atom. The van der Waals surface area contributed by atoms with Crippen molar-refractivity contribution in [3.8, 4) is 11.4 Å². The van der Waals surface area contributed by atoms with Crippen molar-refractivity contribution in [1.29, 1.82) is 0 Å². The molecule has 1 saturated heterocycles. The molecule has 3 heterocycles. The van der Waals surface area contributed by atoms with Crippen LogP contribution in [0.2, 0.25) is 0 Å². The largest absolute Gasteiger partial charge is 0.360 e. The fraction of sp³-hybridized carbons (Fsp3) is 0.345. The Kier molecular flexibility index (Phi) is 6.79. The van der Waals surface area contributed by atoms with Gasteiger partial charge < -0.3 is 24.6 Å². The zero-order valence-corrected chi connectivity index (χ0v) is 22.0. The van der Waals surface area contributed by atoms with Gasteiger partial charge in [0, 0.05) is 54.4 Å². The van der Waals surface area contributed by atoms with E-state index in [9.17, 15) is 14.4 Å². The summed E-state index contributed by atoms with van der Waals surface area (Å²) in [5, 5.41) is 7.27. The minimum Gasteiger partial charge on any atom is -0.360 e. The number of nitrogens with zero attached hydrogens (tertiary/aromatic N) is 4. The van der Waals surface area contributed by atoms with Crippen LogP contribution in [0.4, 0.5) is 10.4 Å². The number of ketones is 1. The van der Waals surface area contributed by atoms with Crippen LogP contribution < -0.4 is 5.32 Å². The molecule has 0 bridgehead atoms. The molecule has 2 amide bonds. The molecule has 0 radical (unpaired) electrons. The van der Waals surface area contributed by atoms with Crippen LogP contribution in [0.15, 0.2) is 53.2 Å². The predicted molar refractivity (Wildman–Crippen MR) is 145 cm³/mol. The maximum Gasteiger partial charge on any atom is 0.322 e. The maximum atomic E-state index is 15.1. The van der Waals surface area contributed by atoms with Crippen LogP contribution >= 0.6 is 0 Å². The molecule has 1 saturated carbocycles. The summed E-state index contributed by atoms with van der Waals surface area (Å²) < 4.78 is 20.4. The van der Waals surface area contributed by atoms with Gasteiger partial charge in [0.15, 0.2) is 0 Å². The number of carbonyl (C=O) groups is 3. The van der Waals surface area contributed by atoms with Gasteiger partial charge in [-0.15, -0.1) is 0 Å². The van der Waals surface area contributed by atoms with Crippen LogP contribution in [0.25, 0.3) is 22.3 Å². The van der Waals surface area contributed by atoms with Crippen molar-refractivity contribution in [2.45, 2.75) is 44.7 Å². The van der Waals surface area contributed by atoms with E-state index in [1.807, 2.05) is 6.07 Å². The molecule has 2 aromatic heterocycles. The van der Waals surface area contributed by atoms with Crippen LogP contribution in [0, 0.1) is 5.82 Å². The number of halogens is 1. The van der Waals surface area contributed by atoms with Crippen molar-refractivity contribution in [3.63, 3.8) is 0 Å². The molecule has 10 nitrogen and oxygen atoms in total. The monoisotopic (exact) mass is 544 g/mol. The highest BCUT2D eigenvalue weighted by Crippen LogP contribution is 2.32. The van der Waals surface area contributed by atoms with Gasteiger partial charge in [-0.05, 0) is 44.0 Å². The molecule has 40 heavy (non-hydrogen) atoms. The van der Waals surface area contributed by atoms with E-state index >= 15 is 4.39 Å². The second-order valence-corrected chi connectivity index (χ2v) is 10.4. The van der Waals surface area contributed by atoms with Crippen LogP contribution in [0.1, 0.15) is 53.3 Å². The minimum atomic E-state index is -0.825. The van der Waals surface area contributed by atoms with Gasteiger partial charge in [0.2, 0.25) is 5.82 Å². The van der Waals surface area contributed by atoms with Gasteiger partial charge in [-0.1, -0.05) is 36.2 Å². The summed E-state index contributed by atoms with van der Waals surface area (Å²) in [5.41, 5.74) is 1.25. The van der Waals surface area contributed by atoms with Gasteiger partial charge in [0.05, 0.1) is 11.1 Å². The third-order valence-corrected chi connectivity index (χ3v) is 7.77. The Morgan fingerprint density at radius 1 is 1.07 bits per heavy atom. The van der Waals surface area contributed by atoms with Crippen molar-refractivity contribution < 1.29 is 23.3 Å². The van der Waals surface area contributed by atoms with E-state index in [4.69, 9.17) is 4.52 Å². The van der Waals surface area contributed by atoms with E-state index < -0.39 is 23.5 Å². The summed E-state index contributed by atoms with van der Waals surface area (Å²) in [6, 6.07) is 11.8. The molecule has 2 fully saturated rings. The van der Waals surface area contributed by atoms with Crippen LogP contribution in [-0.2, 0) is 4.79 Å². The number of piperazine rings is 1. The maximum absolute atomic E-state index is 15.1. The topological polar surface area (TPSA) is 124 Å². The molecule has 0 spiro atoms. The average molecular weight is 545 g/mol. The number of anilines is 1. The average Bonchev–Trinajstić information content (AvgIpc) is 3.75. The SMILES string of the molecule is C[C@@H]1CN(C(=O)c2ccccc2)CCN1C(=O)C(=O)c1c[nH]c2c(-c3noc(NC4CCCC4)n3)ccc(F)c12. The van der Waals surface area contributed by atoms with Crippen molar-refractivity contribution >= 4 is 34.5 Å². The van der Waals surface area contributed by atoms with E-state index in [-0.39, 0.29) is 47.8 Å². The van der Waals surface area contributed by atoms with Crippen molar-refractivity contribution in [3.05, 3.63) is 65.6 Å². The number of nitrogens with one attached hydrogen (secondary N) is 2. The molecule has 1 aliphatic heterocycles. The third kappa shape index (κ3) is 4.72. The minimum absolute atomic E-state index is 0.00324. The summed E-state index contributed by atoms with van der Waals surface area (Å²) in [6.45, 7) is 2.56. The molecule has 2 N–H and O–H groups in total. The Morgan fingerprint density at radius 3 is 2.60 bits per heavy atom. The smallest absolute Gasteiger partial charge is 0.322 e. The quantitative estimate of drug-likeness (QED) is 0.274. The van der Waals surface area contributed by atoms with E-state index in [1.165, 1.54) is 23.2 Å². The van der Waals surface area contributed by atoms with Crippen LogP contribution in [0.3, 0.4) is 0 Å². The van der Waals surface area contributed by atoms with E-state index in [0.717, 1.165) is 25.7 Å². The number of fused-ring (bicyclic) bond motifs is 1. The molecule has 1 atom stereocenters. The number of Topliss-reactive ketones (excluding diaryl/α,β-unsaturated/α-hetero) is 1. The summed E-state index contributed by atoms with van der Waals surface area (Å²) in [4.78, 5) is 50.0. The molecule has 1 aliphatic carbocycles. The number of carbonyl (C=O) groups excluding carboxylic acids is 3. The molecule has 0 unspecified atom stereocenters. The van der Waals surface area contributed by atoms with Gasteiger partial charge in [-0.25, -0.2) is 4.39 Å². The molecule has 2 aromatic carbocycles. The molecule has 11 heteroatoms. The Balaban J connectivity index is 1.20. The van der Waals surface area contributed by atoms with Crippen LogP contribution in [-0.4, -0.2) is 74.2 Å². The lowest BCUT2D eigenvalue weighted by Gasteiger charge is -2.39. The van der Waals surface area contributed by atoms with E-state index in [2.05, 4.69) is 20.4 Å². The number of aromatic nitrogens is 3. The second-order valence-electron chi connectivity index (χ2n) is 10.4. The number of amides is 2. The Bertz CT molecular complexity index is 1580. The van der Waals surface area contributed by atoms with Gasteiger partial charge in [-0.2, -0.15) is 4.98 Å². The highest BCUT2D eigenvalue weighted by atomic mass is 19.1. The lowest BCUT2D eigenvalue weighted by molar-refractivity contribution is -0.130. The normalized spacial score (nSPS) is 17.9. The Hall–Kier alpha value is -4.54. The van der Waals surface area contributed by atoms with Gasteiger partial charge in [0.25, 0.3) is 17.6 Å². The van der Waals surface area contributed by atoms with Gasteiger partial charge >= 0.3 is 6.01 Å². The fourth-order valence-corrected chi connectivity index (χ4v) is 5.66. The number of hydrogen-bond donors (Lipinski definition) is 2. The van der Waals surface area contributed by atoms with E-state index in [1.54, 1.807) is 36.1 Å². The first-order valence-electron chi connectivity index (χ1n) is 13.5. The number of benzene rings is 2. The van der Waals surface area contributed by atoms with Crippen molar-refractivity contribution in [2.24, 2.45) is 0 Å². The first-order valence-corrected chi connectivity index (χ1v) is 13.5. The van der Waals surface area contributed by atoms with Crippen molar-refractivity contribution in [1.82, 2.24) is 24.9 Å². The number of aromatic amines is 1. The second kappa shape index (κ2) is 10.6. The number of rotatable bonds is 6. The van der Waals surface area contributed by atoms with E-state index in [0.29, 0.717) is 23.2 Å². The predicted octanol–water partition coefficient (Wildman–Crippen LogP) is 4.27. The summed E-state index contributed by atoms with van der Waals surface area (Å²) in [6.07, 6.45) is 5.71. The zero-order valence-electron chi connectivity index (χ0n) is 22.0. The fourth-order valence-electron chi connectivity index (χ4n) is 5.66.